The Kier molecular flexibility index (Phi) is 6.72. The predicted molar refractivity (Wildman–Crippen MR) is 116 cm³/mol. The lowest BCUT2D eigenvalue weighted by molar-refractivity contribution is -0.127. The van der Waals surface area contributed by atoms with Gasteiger partial charge in [0.15, 0.2) is 0 Å². The van der Waals surface area contributed by atoms with Gasteiger partial charge >= 0.3 is 0 Å². The summed E-state index contributed by atoms with van der Waals surface area (Å²) in [7, 11) is 0. The van der Waals surface area contributed by atoms with Crippen molar-refractivity contribution in [1.29, 1.82) is 0 Å². The second-order valence-corrected chi connectivity index (χ2v) is 7.99. The van der Waals surface area contributed by atoms with Gasteiger partial charge in [0, 0.05) is 10.2 Å². The fourth-order valence-electron chi connectivity index (χ4n) is 2.38. The Hall–Kier alpha value is -2.35. The van der Waals surface area contributed by atoms with E-state index in [1.165, 1.54) is 0 Å². The normalized spacial score (nSPS) is 15.6. The maximum atomic E-state index is 12.4. The minimum atomic E-state index is -0.489. The molecule has 8 heteroatoms. The molecule has 2 aromatic rings. The number of allylic oxidation sites excluding steroid dienone is 2. The van der Waals surface area contributed by atoms with Crippen LogP contribution in [0.3, 0.4) is 0 Å². The Morgan fingerprint density at radius 2 is 1.93 bits per heavy atom. The van der Waals surface area contributed by atoms with Gasteiger partial charge < -0.3 is 5.32 Å². The molecule has 3 amide bonds. The van der Waals surface area contributed by atoms with Crippen LogP contribution in [0, 0.1) is 0 Å². The van der Waals surface area contributed by atoms with Crippen LogP contribution in [0.25, 0.3) is 6.08 Å². The monoisotopic (exact) mass is 476 g/mol. The van der Waals surface area contributed by atoms with E-state index >= 15 is 0 Å². The Morgan fingerprint density at radius 1 is 1.18 bits per heavy atom. The highest BCUT2D eigenvalue weighted by atomic mass is 79.9. The lowest BCUT2D eigenvalue weighted by atomic mass is 10.2. The zero-order chi connectivity index (χ0) is 20.1. The van der Waals surface area contributed by atoms with Crippen LogP contribution < -0.4 is 5.32 Å². The highest BCUT2D eigenvalue weighted by molar-refractivity contribution is 9.10. The second kappa shape index (κ2) is 9.23. The number of benzene rings is 2. The van der Waals surface area contributed by atoms with Gasteiger partial charge in [0.25, 0.3) is 11.1 Å². The van der Waals surface area contributed by atoms with Crippen LogP contribution in [0.2, 0.25) is 5.02 Å². The van der Waals surface area contributed by atoms with Gasteiger partial charge in [-0.05, 0) is 57.5 Å². The summed E-state index contributed by atoms with van der Waals surface area (Å²) in [6.45, 7) is -0.363. The third kappa shape index (κ3) is 5.13. The third-order valence-corrected chi connectivity index (χ3v) is 5.87. The van der Waals surface area contributed by atoms with Crippen molar-refractivity contribution in [2.45, 2.75) is 0 Å². The van der Waals surface area contributed by atoms with E-state index in [9.17, 15) is 14.4 Å². The zero-order valence-corrected chi connectivity index (χ0v) is 17.6. The molecule has 1 saturated heterocycles. The van der Waals surface area contributed by atoms with E-state index in [0.717, 1.165) is 22.2 Å². The molecule has 0 saturated carbocycles. The van der Waals surface area contributed by atoms with Gasteiger partial charge in [-0.3, -0.25) is 19.3 Å². The van der Waals surface area contributed by atoms with E-state index in [4.69, 9.17) is 11.6 Å². The maximum Gasteiger partial charge on any atom is 0.294 e. The predicted octanol–water partition coefficient (Wildman–Crippen LogP) is 5.33. The summed E-state index contributed by atoms with van der Waals surface area (Å²) in [5.41, 5.74) is 1.46. The van der Waals surface area contributed by atoms with Gasteiger partial charge in [0.2, 0.25) is 5.91 Å². The Bertz CT molecular complexity index is 992. The lowest BCUT2D eigenvalue weighted by Gasteiger charge is -2.12. The van der Waals surface area contributed by atoms with Crippen molar-refractivity contribution in [3.8, 4) is 0 Å². The molecular weight excluding hydrogens is 464 g/mol. The number of hydrogen-bond acceptors (Lipinski definition) is 4. The molecule has 1 aliphatic rings. The van der Waals surface area contributed by atoms with E-state index in [0.29, 0.717) is 15.2 Å². The molecule has 0 aliphatic carbocycles. The van der Waals surface area contributed by atoms with Crippen LogP contribution in [0.1, 0.15) is 5.56 Å². The topological polar surface area (TPSA) is 66.5 Å². The number of nitrogens with one attached hydrogen (secondary N) is 1. The van der Waals surface area contributed by atoms with Gasteiger partial charge in [-0.25, -0.2) is 0 Å². The molecule has 0 unspecified atom stereocenters. The standard InChI is InChI=1S/C20H14BrClN2O3S/c21-15-10-9-14(11-16(15)22)23-18(25)12-24-19(26)17(28-20(24)27)8-4-7-13-5-2-1-3-6-13/h1-11H,12H2,(H,23,25)/b7-4+,17-8+. The Balaban J connectivity index is 1.63. The average Bonchev–Trinajstić information content (AvgIpc) is 2.93. The number of amides is 3. The summed E-state index contributed by atoms with van der Waals surface area (Å²) >= 11 is 10.1. The molecule has 28 heavy (non-hydrogen) atoms. The molecule has 1 N–H and O–H groups in total. The molecule has 3 rings (SSSR count). The van der Waals surface area contributed by atoms with Gasteiger partial charge in [-0.15, -0.1) is 0 Å². The number of rotatable bonds is 5. The fraction of sp³-hybridized carbons (Fsp3) is 0.0500. The number of nitrogens with zero attached hydrogens (tertiary/aromatic N) is 1. The van der Waals surface area contributed by atoms with Crippen LogP contribution in [0.4, 0.5) is 10.5 Å². The van der Waals surface area contributed by atoms with Gasteiger partial charge in [0.1, 0.15) is 6.54 Å². The van der Waals surface area contributed by atoms with Crippen molar-refractivity contribution in [1.82, 2.24) is 4.90 Å². The number of anilines is 1. The minimum absolute atomic E-state index is 0.275. The summed E-state index contributed by atoms with van der Waals surface area (Å²) in [6.07, 6.45) is 5.11. The number of carbonyl (C=O) groups excluding carboxylic acids is 3. The number of imide groups is 1. The highest BCUT2D eigenvalue weighted by Crippen LogP contribution is 2.31. The molecule has 0 aromatic heterocycles. The number of halogens is 2. The quantitative estimate of drug-likeness (QED) is 0.591. The first-order valence-corrected chi connectivity index (χ1v) is 10.1. The molecule has 0 atom stereocenters. The van der Waals surface area contributed by atoms with Crippen LogP contribution in [-0.4, -0.2) is 28.5 Å². The van der Waals surface area contributed by atoms with Crippen molar-refractivity contribution in [2.75, 3.05) is 11.9 Å². The van der Waals surface area contributed by atoms with Crippen molar-refractivity contribution < 1.29 is 14.4 Å². The van der Waals surface area contributed by atoms with Crippen LogP contribution >= 0.6 is 39.3 Å². The van der Waals surface area contributed by atoms with E-state index in [-0.39, 0.29) is 11.4 Å². The zero-order valence-electron chi connectivity index (χ0n) is 14.4. The molecule has 1 aliphatic heterocycles. The number of thioether (sulfide) groups is 1. The van der Waals surface area contributed by atoms with E-state index in [2.05, 4.69) is 21.2 Å². The van der Waals surface area contributed by atoms with Gasteiger partial charge in [-0.2, -0.15) is 0 Å². The second-order valence-electron chi connectivity index (χ2n) is 5.74. The Morgan fingerprint density at radius 3 is 2.64 bits per heavy atom. The smallest absolute Gasteiger partial charge is 0.294 e. The molecule has 2 aromatic carbocycles. The Labute approximate surface area is 179 Å². The molecule has 0 spiro atoms. The molecule has 1 fully saturated rings. The summed E-state index contributed by atoms with van der Waals surface area (Å²) < 4.78 is 0.701. The van der Waals surface area contributed by atoms with Gasteiger partial charge in [0.05, 0.1) is 9.93 Å². The van der Waals surface area contributed by atoms with Crippen molar-refractivity contribution in [3.05, 3.63) is 80.6 Å². The summed E-state index contributed by atoms with van der Waals surface area (Å²) in [6, 6.07) is 14.5. The van der Waals surface area contributed by atoms with Crippen molar-refractivity contribution in [3.63, 3.8) is 0 Å². The molecule has 142 valence electrons. The lowest BCUT2D eigenvalue weighted by Crippen LogP contribution is -2.36. The third-order valence-electron chi connectivity index (χ3n) is 3.71. The molecule has 0 bridgehead atoms. The largest absolute Gasteiger partial charge is 0.324 e. The first kappa shape index (κ1) is 20.4. The molecule has 0 radical (unpaired) electrons. The number of hydrogen-bond donors (Lipinski definition) is 1. The molecule has 1 heterocycles. The summed E-state index contributed by atoms with van der Waals surface area (Å²) in [5, 5.41) is 2.59. The minimum Gasteiger partial charge on any atom is -0.324 e. The molecular formula is C20H14BrClN2O3S. The van der Waals surface area contributed by atoms with Crippen molar-refractivity contribution in [2.24, 2.45) is 0 Å². The number of carbonyl (C=O) groups is 3. The summed E-state index contributed by atoms with van der Waals surface area (Å²) in [5.74, 6) is -0.974. The maximum absolute atomic E-state index is 12.4. The van der Waals surface area contributed by atoms with E-state index in [1.54, 1.807) is 30.4 Å². The van der Waals surface area contributed by atoms with Gasteiger partial charge in [-0.1, -0.05) is 54.1 Å². The van der Waals surface area contributed by atoms with E-state index < -0.39 is 17.1 Å². The van der Waals surface area contributed by atoms with Crippen LogP contribution in [0.5, 0.6) is 0 Å². The fourth-order valence-corrected chi connectivity index (χ4v) is 3.60. The average molecular weight is 478 g/mol. The van der Waals surface area contributed by atoms with E-state index in [1.807, 2.05) is 36.4 Å². The first-order chi connectivity index (χ1) is 13.4. The summed E-state index contributed by atoms with van der Waals surface area (Å²) in [4.78, 5) is 37.9. The molecule has 5 nitrogen and oxygen atoms in total. The SMILES string of the molecule is O=C(CN1C(=O)S/C(=C/C=C/c2ccccc2)C1=O)Nc1ccc(Br)c(Cl)c1. The first-order valence-electron chi connectivity index (χ1n) is 8.16. The van der Waals surface area contributed by atoms with Crippen molar-refractivity contribution >= 4 is 68.1 Å². The van der Waals surface area contributed by atoms with Crippen LogP contribution in [0.15, 0.2) is 70.1 Å². The highest BCUT2D eigenvalue weighted by Gasteiger charge is 2.35. The van der Waals surface area contributed by atoms with Crippen LogP contribution in [-0.2, 0) is 9.59 Å².